The Labute approximate surface area is 123 Å². The van der Waals surface area contributed by atoms with Crippen LogP contribution in [0.1, 0.15) is 21.5 Å². The monoisotopic (exact) mass is 288 g/mol. The van der Waals surface area contributed by atoms with Crippen molar-refractivity contribution in [1.29, 1.82) is 0 Å². The lowest BCUT2D eigenvalue weighted by molar-refractivity contribution is 0.0991. The standard InChI is InChI=1S/C17H17FO3/c1-11-4-6-16(20-2)13(8-11)10-15(19)12-5-7-17(21-3)14(18)9-12/h4-9H,10H2,1-3H3. The molecule has 3 nitrogen and oxygen atoms in total. The summed E-state index contributed by atoms with van der Waals surface area (Å²) in [5.74, 6) is 0.0719. The quantitative estimate of drug-likeness (QED) is 0.789. The maximum Gasteiger partial charge on any atom is 0.167 e. The van der Waals surface area contributed by atoms with Gasteiger partial charge in [-0.15, -0.1) is 0 Å². The first kappa shape index (κ1) is 15.0. The predicted octanol–water partition coefficient (Wildman–Crippen LogP) is 3.58. The Balaban J connectivity index is 2.26. The zero-order valence-electron chi connectivity index (χ0n) is 12.3. The average Bonchev–Trinajstić information content (AvgIpc) is 2.47. The SMILES string of the molecule is COc1ccc(C(=O)Cc2cc(C)ccc2OC)cc1F. The Bertz CT molecular complexity index is 665. The largest absolute Gasteiger partial charge is 0.496 e. The van der Waals surface area contributed by atoms with Gasteiger partial charge in [0.2, 0.25) is 0 Å². The molecule has 0 bridgehead atoms. The molecule has 0 spiro atoms. The van der Waals surface area contributed by atoms with Crippen molar-refractivity contribution in [1.82, 2.24) is 0 Å². The molecule has 0 unspecified atom stereocenters. The number of benzene rings is 2. The summed E-state index contributed by atoms with van der Waals surface area (Å²) in [7, 11) is 2.95. The number of methoxy groups -OCH3 is 2. The Morgan fingerprint density at radius 3 is 2.33 bits per heavy atom. The van der Waals surface area contributed by atoms with Crippen molar-refractivity contribution in [2.45, 2.75) is 13.3 Å². The molecule has 0 saturated carbocycles. The van der Waals surface area contributed by atoms with E-state index in [4.69, 9.17) is 9.47 Å². The number of Topliss-reactive ketones (excluding diaryl/α,β-unsaturated/α-hetero) is 1. The van der Waals surface area contributed by atoms with Crippen molar-refractivity contribution in [3.8, 4) is 11.5 Å². The third-order valence-electron chi connectivity index (χ3n) is 3.26. The third-order valence-corrected chi connectivity index (χ3v) is 3.26. The van der Waals surface area contributed by atoms with Crippen molar-refractivity contribution in [3.05, 3.63) is 58.9 Å². The lowest BCUT2D eigenvalue weighted by Gasteiger charge is -2.09. The number of ketones is 1. The molecule has 0 saturated heterocycles. The highest BCUT2D eigenvalue weighted by Gasteiger charge is 2.13. The summed E-state index contributed by atoms with van der Waals surface area (Å²) in [5, 5.41) is 0. The van der Waals surface area contributed by atoms with E-state index in [1.165, 1.54) is 19.2 Å². The van der Waals surface area contributed by atoms with Crippen molar-refractivity contribution >= 4 is 5.78 Å². The van der Waals surface area contributed by atoms with Crippen molar-refractivity contribution in [2.24, 2.45) is 0 Å². The van der Waals surface area contributed by atoms with Crippen LogP contribution in [0.2, 0.25) is 0 Å². The molecule has 0 aliphatic rings. The van der Waals surface area contributed by atoms with E-state index >= 15 is 0 Å². The van der Waals surface area contributed by atoms with Gasteiger partial charge in [0, 0.05) is 17.5 Å². The second kappa shape index (κ2) is 6.39. The van der Waals surface area contributed by atoms with E-state index in [0.29, 0.717) is 11.3 Å². The van der Waals surface area contributed by atoms with E-state index in [1.807, 2.05) is 25.1 Å². The van der Waals surface area contributed by atoms with Gasteiger partial charge in [-0.2, -0.15) is 0 Å². The van der Waals surface area contributed by atoms with Crippen molar-refractivity contribution < 1.29 is 18.7 Å². The second-order valence-corrected chi connectivity index (χ2v) is 4.76. The van der Waals surface area contributed by atoms with Crippen LogP contribution in [-0.2, 0) is 6.42 Å². The maximum absolute atomic E-state index is 13.7. The summed E-state index contributed by atoms with van der Waals surface area (Å²) in [6, 6.07) is 9.86. The van der Waals surface area contributed by atoms with Crippen molar-refractivity contribution in [2.75, 3.05) is 14.2 Å². The highest BCUT2D eigenvalue weighted by Crippen LogP contribution is 2.23. The molecule has 0 atom stereocenters. The van der Waals surface area contributed by atoms with Gasteiger partial charge >= 0.3 is 0 Å². The number of aryl methyl sites for hydroxylation is 1. The van der Waals surface area contributed by atoms with Crippen LogP contribution in [-0.4, -0.2) is 20.0 Å². The molecule has 21 heavy (non-hydrogen) atoms. The lowest BCUT2D eigenvalue weighted by atomic mass is 10.0. The van der Waals surface area contributed by atoms with Crippen molar-refractivity contribution in [3.63, 3.8) is 0 Å². The molecule has 2 rings (SSSR count). The molecule has 0 fully saturated rings. The summed E-state index contributed by atoms with van der Waals surface area (Å²) in [4.78, 5) is 12.3. The first-order valence-electron chi connectivity index (χ1n) is 6.55. The van der Waals surface area contributed by atoms with E-state index < -0.39 is 5.82 Å². The Hall–Kier alpha value is -2.36. The normalized spacial score (nSPS) is 10.3. The van der Waals surface area contributed by atoms with E-state index in [1.54, 1.807) is 13.2 Å². The van der Waals surface area contributed by atoms with E-state index in [2.05, 4.69) is 0 Å². The summed E-state index contributed by atoms with van der Waals surface area (Å²) in [5.41, 5.74) is 2.15. The number of carbonyl (C=O) groups is 1. The summed E-state index contributed by atoms with van der Waals surface area (Å²) >= 11 is 0. The smallest absolute Gasteiger partial charge is 0.167 e. The molecule has 2 aromatic carbocycles. The minimum absolute atomic E-state index is 0.125. The van der Waals surface area contributed by atoms with E-state index in [0.717, 1.165) is 11.1 Å². The third kappa shape index (κ3) is 3.40. The van der Waals surface area contributed by atoms with Gasteiger partial charge in [0.25, 0.3) is 0 Å². The van der Waals surface area contributed by atoms with Crippen LogP contribution in [0.5, 0.6) is 11.5 Å². The second-order valence-electron chi connectivity index (χ2n) is 4.76. The Kier molecular flexibility index (Phi) is 4.58. The first-order valence-corrected chi connectivity index (χ1v) is 6.55. The van der Waals surface area contributed by atoms with Gasteiger partial charge in [0.1, 0.15) is 5.75 Å². The van der Waals surface area contributed by atoms with Crippen LogP contribution in [0.25, 0.3) is 0 Å². The number of ether oxygens (including phenoxy) is 2. The fourth-order valence-electron chi connectivity index (χ4n) is 2.16. The number of halogens is 1. The summed E-state index contributed by atoms with van der Waals surface area (Å²) in [6.07, 6.45) is 0.163. The molecule has 0 aliphatic heterocycles. The maximum atomic E-state index is 13.7. The molecular weight excluding hydrogens is 271 g/mol. The fraction of sp³-hybridized carbons (Fsp3) is 0.235. The molecule has 0 heterocycles. The van der Waals surface area contributed by atoms with Gasteiger partial charge in [-0.05, 0) is 31.2 Å². The van der Waals surface area contributed by atoms with Gasteiger partial charge in [-0.3, -0.25) is 4.79 Å². The van der Waals surface area contributed by atoms with Gasteiger partial charge in [0.15, 0.2) is 17.3 Å². The average molecular weight is 288 g/mol. The van der Waals surface area contributed by atoms with E-state index in [9.17, 15) is 9.18 Å². The number of hydrogen-bond donors (Lipinski definition) is 0. The lowest BCUT2D eigenvalue weighted by Crippen LogP contribution is -2.06. The van der Waals surface area contributed by atoms with E-state index in [-0.39, 0.29) is 18.0 Å². The molecule has 0 aromatic heterocycles. The molecule has 4 heteroatoms. The zero-order chi connectivity index (χ0) is 15.4. The fourth-order valence-corrected chi connectivity index (χ4v) is 2.16. The van der Waals surface area contributed by atoms with Gasteiger partial charge in [-0.1, -0.05) is 17.7 Å². The highest BCUT2D eigenvalue weighted by atomic mass is 19.1. The van der Waals surface area contributed by atoms with Gasteiger partial charge in [-0.25, -0.2) is 4.39 Å². The summed E-state index contributed by atoms with van der Waals surface area (Å²) < 4.78 is 23.8. The first-order chi connectivity index (χ1) is 10.0. The molecule has 0 amide bonds. The van der Waals surface area contributed by atoms with Crippen LogP contribution >= 0.6 is 0 Å². The molecule has 2 aromatic rings. The van der Waals surface area contributed by atoms with Crippen LogP contribution in [0, 0.1) is 12.7 Å². The van der Waals surface area contributed by atoms with Crippen LogP contribution < -0.4 is 9.47 Å². The molecule has 110 valence electrons. The van der Waals surface area contributed by atoms with Crippen LogP contribution in [0.3, 0.4) is 0 Å². The minimum Gasteiger partial charge on any atom is -0.496 e. The van der Waals surface area contributed by atoms with Gasteiger partial charge < -0.3 is 9.47 Å². The number of carbonyl (C=O) groups excluding carboxylic acids is 1. The minimum atomic E-state index is -0.542. The Morgan fingerprint density at radius 2 is 1.71 bits per heavy atom. The number of hydrogen-bond acceptors (Lipinski definition) is 3. The molecular formula is C17H17FO3. The topological polar surface area (TPSA) is 35.5 Å². The summed E-state index contributed by atoms with van der Waals surface area (Å²) in [6.45, 7) is 1.94. The molecule has 0 N–H and O–H groups in total. The molecule has 0 radical (unpaired) electrons. The Morgan fingerprint density at radius 1 is 1.05 bits per heavy atom. The molecule has 0 aliphatic carbocycles. The van der Waals surface area contributed by atoms with Crippen LogP contribution in [0.15, 0.2) is 36.4 Å². The predicted molar refractivity (Wildman–Crippen MR) is 78.7 cm³/mol. The zero-order valence-corrected chi connectivity index (χ0v) is 12.3. The highest BCUT2D eigenvalue weighted by molar-refractivity contribution is 5.98. The van der Waals surface area contributed by atoms with Gasteiger partial charge in [0.05, 0.1) is 14.2 Å². The van der Waals surface area contributed by atoms with Crippen LogP contribution in [0.4, 0.5) is 4.39 Å². The number of rotatable bonds is 5.